The number of aromatic amines is 1. The standard InChI is InChI=1S/C16H13FN2O4S/c17-24(20,21)23-15-7-5-14(6-8-15)22-11-12-1-3-13(4-2-12)16-9-10-18-19-16/h1-10H,11H2,(H,18,19). The highest BCUT2D eigenvalue weighted by Crippen LogP contribution is 2.21. The van der Waals surface area contributed by atoms with E-state index < -0.39 is 10.5 Å². The highest BCUT2D eigenvalue weighted by molar-refractivity contribution is 7.81. The maximum atomic E-state index is 12.4. The number of hydrogen-bond acceptors (Lipinski definition) is 5. The summed E-state index contributed by atoms with van der Waals surface area (Å²) >= 11 is 0. The third-order valence-electron chi connectivity index (χ3n) is 3.19. The molecule has 0 radical (unpaired) electrons. The number of ether oxygens (including phenoxy) is 1. The van der Waals surface area contributed by atoms with Gasteiger partial charge in [-0.25, -0.2) is 0 Å². The molecule has 0 unspecified atom stereocenters. The van der Waals surface area contributed by atoms with Crippen molar-refractivity contribution in [3.8, 4) is 22.8 Å². The van der Waals surface area contributed by atoms with E-state index in [0.29, 0.717) is 12.4 Å². The van der Waals surface area contributed by atoms with E-state index >= 15 is 0 Å². The first-order valence-electron chi connectivity index (χ1n) is 6.95. The Labute approximate surface area is 138 Å². The monoisotopic (exact) mass is 348 g/mol. The van der Waals surface area contributed by atoms with Gasteiger partial charge < -0.3 is 8.92 Å². The summed E-state index contributed by atoms with van der Waals surface area (Å²) in [6, 6.07) is 15.3. The predicted octanol–water partition coefficient (Wildman–Crippen LogP) is 3.25. The van der Waals surface area contributed by atoms with E-state index in [1.54, 1.807) is 6.20 Å². The summed E-state index contributed by atoms with van der Waals surface area (Å²) in [5, 5.41) is 6.79. The second-order valence-electron chi connectivity index (χ2n) is 4.90. The van der Waals surface area contributed by atoms with Crippen LogP contribution in [-0.2, 0) is 17.1 Å². The van der Waals surface area contributed by atoms with E-state index in [9.17, 15) is 12.3 Å². The van der Waals surface area contributed by atoms with E-state index in [-0.39, 0.29) is 5.75 Å². The molecular formula is C16H13FN2O4S. The van der Waals surface area contributed by atoms with Gasteiger partial charge in [0.25, 0.3) is 0 Å². The Balaban J connectivity index is 1.59. The molecule has 124 valence electrons. The van der Waals surface area contributed by atoms with Crippen LogP contribution in [0.25, 0.3) is 11.3 Å². The largest absolute Gasteiger partial charge is 0.489 e. The number of hydrogen-bond donors (Lipinski definition) is 1. The SMILES string of the molecule is O=S(=O)(F)Oc1ccc(OCc2ccc(-c3ccn[nH]3)cc2)cc1. The van der Waals surface area contributed by atoms with Crippen LogP contribution in [0.3, 0.4) is 0 Å². The van der Waals surface area contributed by atoms with Gasteiger partial charge in [-0.3, -0.25) is 5.10 Å². The van der Waals surface area contributed by atoms with Crippen LogP contribution in [0.5, 0.6) is 11.5 Å². The Hall–Kier alpha value is -2.87. The van der Waals surface area contributed by atoms with Crippen LogP contribution in [0, 0.1) is 0 Å². The summed E-state index contributed by atoms with van der Waals surface area (Å²) in [5.41, 5.74) is 2.91. The molecule has 6 nitrogen and oxygen atoms in total. The second kappa shape index (κ2) is 6.71. The zero-order chi connectivity index (χ0) is 17.0. The molecule has 0 bridgehead atoms. The minimum Gasteiger partial charge on any atom is -0.489 e. The van der Waals surface area contributed by atoms with Crippen LogP contribution in [-0.4, -0.2) is 18.6 Å². The number of halogens is 1. The van der Waals surface area contributed by atoms with Crippen LogP contribution in [0.2, 0.25) is 0 Å². The number of aromatic nitrogens is 2. The van der Waals surface area contributed by atoms with E-state index in [4.69, 9.17) is 4.74 Å². The number of H-pyrrole nitrogens is 1. The molecule has 2 aromatic carbocycles. The van der Waals surface area contributed by atoms with E-state index in [1.807, 2.05) is 30.3 Å². The van der Waals surface area contributed by atoms with Crippen molar-refractivity contribution in [3.05, 3.63) is 66.4 Å². The van der Waals surface area contributed by atoms with Gasteiger partial charge in [-0.15, -0.1) is 0 Å². The van der Waals surface area contributed by atoms with Gasteiger partial charge in [0.15, 0.2) is 0 Å². The highest BCUT2D eigenvalue weighted by atomic mass is 32.3. The molecule has 0 aliphatic rings. The molecule has 0 saturated heterocycles. The maximum absolute atomic E-state index is 12.4. The van der Waals surface area contributed by atoms with Crippen LogP contribution in [0.4, 0.5) is 3.89 Å². The van der Waals surface area contributed by atoms with Gasteiger partial charge in [0.05, 0.1) is 5.69 Å². The normalized spacial score (nSPS) is 11.2. The van der Waals surface area contributed by atoms with Crippen molar-refractivity contribution < 1.29 is 21.2 Å². The number of nitrogens with zero attached hydrogens (tertiary/aromatic N) is 1. The fraction of sp³-hybridized carbons (Fsp3) is 0.0625. The summed E-state index contributed by atoms with van der Waals surface area (Å²) in [5.74, 6) is 0.394. The summed E-state index contributed by atoms with van der Waals surface area (Å²) in [7, 11) is -5.02. The summed E-state index contributed by atoms with van der Waals surface area (Å²) in [6.45, 7) is 0.338. The molecule has 0 amide bonds. The quantitative estimate of drug-likeness (QED) is 0.692. The molecule has 3 aromatic rings. The molecule has 0 aliphatic heterocycles. The van der Waals surface area contributed by atoms with Gasteiger partial charge in [-0.2, -0.15) is 13.5 Å². The Kier molecular flexibility index (Phi) is 4.48. The lowest BCUT2D eigenvalue weighted by Crippen LogP contribution is -2.01. The third kappa shape index (κ3) is 4.32. The fourth-order valence-corrected chi connectivity index (χ4v) is 2.41. The lowest BCUT2D eigenvalue weighted by molar-refractivity contribution is 0.306. The minimum absolute atomic E-state index is 0.117. The Morgan fingerprint density at radius 2 is 1.62 bits per heavy atom. The minimum atomic E-state index is -5.02. The smallest absolute Gasteiger partial charge is 0.488 e. The Morgan fingerprint density at radius 3 is 2.21 bits per heavy atom. The summed E-state index contributed by atoms with van der Waals surface area (Å²) < 4.78 is 42.9. The number of nitrogens with one attached hydrogen (secondary N) is 1. The number of rotatable bonds is 6. The zero-order valence-electron chi connectivity index (χ0n) is 12.3. The molecule has 0 aliphatic carbocycles. The summed E-state index contributed by atoms with van der Waals surface area (Å²) in [4.78, 5) is 0. The second-order valence-corrected chi connectivity index (χ2v) is 5.86. The topological polar surface area (TPSA) is 81.3 Å². The fourth-order valence-electron chi connectivity index (χ4n) is 2.07. The lowest BCUT2D eigenvalue weighted by Gasteiger charge is -2.07. The van der Waals surface area contributed by atoms with Crippen LogP contribution >= 0.6 is 0 Å². The van der Waals surface area contributed by atoms with Crippen molar-refractivity contribution in [2.24, 2.45) is 0 Å². The lowest BCUT2D eigenvalue weighted by atomic mass is 10.1. The first-order valence-corrected chi connectivity index (χ1v) is 8.26. The highest BCUT2D eigenvalue weighted by Gasteiger charge is 2.09. The van der Waals surface area contributed by atoms with Gasteiger partial charge >= 0.3 is 10.5 Å². The zero-order valence-corrected chi connectivity index (χ0v) is 13.2. The van der Waals surface area contributed by atoms with Crippen LogP contribution in [0.1, 0.15) is 5.56 Å². The molecule has 1 N–H and O–H groups in total. The molecule has 24 heavy (non-hydrogen) atoms. The molecule has 1 aromatic heterocycles. The van der Waals surface area contributed by atoms with Crippen LogP contribution in [0.15, 0.2) is 60.8 Å². The Morgan fingerprint density at radius 1 is 0.958 bits per heavy atom. The van der Waals surface area contributed by atoms with Crippen molar-refractivity contribution in [2.75, 3.05) is 0 Å². The van der Waals surface area contributed by atoms with Crippen LogP contribution < -0.4 is 8.92 Å². The molecule has 0 fully saturated rings. The molecule has 0 atom stereocenters. The predicted molar refractivity (Wildman–Crippen MR) is 85.5 cm³/mol. The van der Waals surface area contributed by atoms with Gasteiger partial charge in [-0.1, -0.05) is 28.2 Å². The van der Waals surface area contributed by atoms with Crippen molar-refractivity contribution >= 4 is 10.5 Å². The molecule has 0 saturated carbocycles. The van der Waals surface area contributed by atoms with Gasteiger partial charge in [0.1, 0.15) is 18.1 Å². The van der Waals surface area contributed by atoms with Crippen molar-refractivity contribution in [3.63, 3.8) is 0 Å². The maximum Gasteiger partial charge on any atom is 0.488 e. The third-order valence-corrected chi connectivity index (χ3v) is 3.58. The average Bonchev–Trinajstić information content (AvgIpc) is 3.08. The molecule has 3 rings (SSSR count). The molecular weight excluding hydrogens is 335 g/mol. The van der Waals surface area contributed by atoms with E-state index in [1.165, 1.54) is 24.3 Å². The number of benzene rings is 2. The van der Waals surface area contributed by atoms with Gasteiger partial charge in [0, 0.05) is 6.20 Å². The van der Waals surface area contributed by atoms with E-state index in [0.717, 1.165) is 16.8 Å². The Bertz CT molecular complexity index is 892. The van der Waals surface area contributed by atoms with Gasteiger partial charge in [-0.05, 0) is 41.5 Å². The van der Waals surface area contributed by atoms with Crippen molar-refractivity contribution in [1.29, 1.82) is 0 Å². The average molecular weight is 348 g/mol. The van der Waals surface area contributed by atoms with E-state index in [2.05, 4.69) is 14.4 Å². The molecule has 0 spiro atoms. The van der Waals surface area contributed by atoms with Crippen molar-refractivity contribution in [2.45, 2.75) is 6.61 Å². The van der Waals surface area contributed by atoms with Gasteiger partial charge in [0.2, 0.25) is 0 Å². The molecule has 8 heteroatoms. The van der Waals surface area contributed by atoms with Crippen molar-refractivity contribution in [1.82, 2.24) is 10.2 Å². The first-order chi connectivity index (χ1) is 11.5. The summed E-state index contributed by atoms with van der Waals surface area (Å²) in [6.07, 6.45) is 1.69. The molecule has 1 heterocycles. The first kappa shape index (κ1) is 16.0.